The fraction of sp³-hybridized carbons (Fsp3) is 0.533. The highest BCUT2D eigenvalue weighted by Crippen LogP contribution is 2.20. The van der Waals surface area contributed by atoms with Crippen molar-refractivity contribution in [2.75, 3.05) is 38.6 Å². The number of nitrogens with two attached hydrogens (primary N) is 1. The number of hydrogen-bond donors (Lipinski definition) is 2. The van der Waals surface area contributed by atoms with Gasteiger partial charge in [0.2, 0.25) is 0 Å². The van der Waals surface area contributed by atoms with Crippen molar-refractivity contribution >= 4 is 11.6 Å². The summed E-state index contributed by atoms with van der Waals surface area (Å²) in [7, 11) is 2.17. The average molecular weight is 277 g/mol. The third-order valence-electron chi connectivity index (χ3n) is 3.65. The predicted octanol–water partition coefficient (Wildman–Crippen LogP) is 1.30. The molecule has 0 spiro atoms. The monoisotopic (exact) mass is 277 g/mol. The Hall–Kier alpha value is -1.75. The lowest BCUT2D eigenvalue weighted by molar-refractivity contribution is -0.119. The van der Waals surface area contributed by atoms with Crippen LogP contribution in [0.2, 0.25) is 0 Å². The Morgan fingerprint density at radius 1 is 1.45 bits per heavy atom. The molecule has 1 saturated heterocycles. The van der Waals surface area contributed by atoms with E-state index < -0.39 is 5.91 Å². The molecule has 3 N–H and O–H groups in total. The van der Waals surface area contributed by atoms with Crippen LogP contribution < -0.4 is 15.8 Å². The predicted molar refractivity (Wildman–Crippen MR) is 79.8 cm³/mol. The van der Waals surface area contributed by atoms with Crippen LogP contribution in [0, 0.1) is 5.92 Å². The zero-order valence-corrected chi connectivity index (χ0v) is 12.0. The van der Waals surface area contributed by atoms with Crippen LogP contribution in [0.5, 0.6) is 5.75 Å². The maximum atomic E-state index is 10.7. The highest BCUT2D eigenvalue weighted by molar-refractivity contribution is 5.75. The van der Waals surface area contributed by atoms with E-state index in [4.69, 9.17) is 10.5 Å². The van der Waals surface area contributed by atoms with Gasteiger partial charge < -0.3 is 20.7 Å². The fourth-order valence-corrected chi connectivity index (χ4v) is 2.38. The molecule has 2 rings (SSSR count). The minimum atomic E-state index is -0.463. The van der Waals surface area contributed by atoms with Gasteiger partial charge in [0.15, 0.2) is 6.61 Å². The Bertz CT molecular complexity index is 442. The van der Waals surface area contributed by atoms with Gasteiger partial charge in [-0.15, -0.1) is 0 Å². The number of benzene rings is 1. The maximum Gasteiger partial charge on any atom is 0.255 e. The van der Waals surface area contributed by atoms with Crippen LogP contribution in [-0.2, 0) is 4.79 Å². The number of likely N-dealkylation sites (tertiary alicyclic amines) is 1. The molecule has 5 heteroatoms. The Labute approximate surface area is 120 Å². The van der Waals surface area contributed by atoms with E-state index in [0.717, 1.165) is 18.2 Å². The minimum absolute atomic E-state index is 0.0849. The Balaban J connectivity index is 1.80. The molecule has 0 atom stereocenters. The van der Waals surface area contributed by atoms with E-state index in [1.54, 1.807) is 0 Å². The molecule has 5 nitrogen and oxygen atoms in total. The van der Waals surface area contributed by atoms with Crippen LogP contribution >= 0.6 is 0 Å². The van der Waals surface area contributed by atoms with Crippen molar-refractivity contribution < 1.29 is 9.53 Å². The van der Waals surface area contributed by atoms with Crippen molar-refractivity contribution in [3.8, 4) is 5.75 Å². The molecule has 110 valence electrons. The summed E-state index contributed by atoms with van der Waals surface area (Å²) in [6.45, 7) is 3.24. The van der Waals surface area contributed by atoms with Crippen LogP contribution in [0.1, 0.15) is 12.8 Å². The third-order valence-corrected chi connectivity index (χ3v) is 3.65. The molecule has 1 heterocycles. The summed E-state index contributed by atoms with van der Waals surface area (Å²) in [5.41, 5.74) is 6.08. The second kappa shape index (κ2) is 7.14. The van der Waals surface area contributed by atoms with Crippen molar-refractivity contribution in [1.29, 1.82) is 0 Å². The maximum absolute atomic E-state index is 10.7. The van der Waals surface area contributed by atoms with E-state index in [1.165, 1.54) is 25.9 Å². The van der Waals surface area contributed by atoms with Gasteiger partial charge in [-0.25, -0.2) is 0 Å². The van der Waals surface area contributed by atoms with Gasteiger partial charge in [0.25, 0.3) is 5.91 Å². The second-order valence-electron chi connectivity index (χ2n) is 5.41. The Morgan fingerprint density at radius 3 is 2.90 bits per heavy atom. The SMILES string of the molecule is CN1CCC(CNc2cccc(OCC(N)=O)c2)CC1. The van der Waals surface area contributed by atoms with Gasteiger partial charge in [-0.1, -0.05) is 6.07 Å². The van der Waals surface area contributed by atoms with Crippen LogP contribution in [0.25, 0.3) is 0 Å². The summed E-state index contributed by atoms with van der Waals surface area (Å²) >= 11 is 0. The van der Waals surface area contributed by atoms with E-state index in [2.05, 4.69) is 17.3 Å². The number of rotatable bonds is 6. The third kappa shape index (κ3) is 4.74. The molecule has 0 radical (unpaired) electrons. The number of amides is 1. The molecule has 1 fully saturated rings. The van der Waals surface area contributed by atoms with Crippen LogP contribution in [0.4, 0.5) is 5.69 Å². The van der Waals surface area contributed by atoms with Crippen molar-refractivity contribution in [2.45, 2.75) is 12.8 Å². The average Bonchev–Trinajstić information content (AvgIpc) is 2.45. The van der Waals surface area contributed by atoms with E-state index in [1.807, 2.05) is 24.3 Å². The molecule has 1 amide bonds. The molecule has 1 aromatic rings. The summed E-state index contributed by atoms with van der Waals surface area (Å²) in [5, 5.41) is 3.44. The van der Waals surface area contributed by atoms with E-state index in [9.17, 15) is 4.79 Å². The first-order chi connectivity index (χ1) is 9.63. The molecule has 0 bridgehead atoms. The van der Waals surface area contributed by atoms with Gasteiger partial charge in [-0.3, -0.25) is 4.79 Å². The number of nitrogens with one attached hydrogen (secondary N) is 1. The highest BCUT2D eigenvalue weighted by atomic mass is 16.5. The lowest BCUT2D eigenvalue weighted by Gasteiger charge is -2.29. The largest absolute Gasteiger partial charge is 0.484 e. The quantitative estimate of drug-likeness (QED) is 0.822. The molecule has 20 heavy (non-hydrogen) atoms. The summed E-state index contributed by atoms with van der Waals surface area (Å²) in [5.74, 6) is 0.924. The summed E-state index contributed by atoms with van der Waals surface area (Å²) in [6, 6.07) is 7.64. The smallest absolute Gasteiger partial charge is 0.255 e. The van der Waals surface area contributed by atoms with Gasteiger partial charge in [0.1, 0.15) is 5.75 Å². The molecule has 0 aromatic heterocycles. The topological polar surface area (TPSA) is 67.6 Å². The number of primary amides is 1. The van der Waals surface area contributed by atoms with Crippen LogP contribution in [-0.4, -0.2) is 44.1 Å². The second-order valence-corrected chi connectivity index (χ2v) is 5.41. The number of hydrogen-bond acceptors (Lipinski definition) is 4. The van der Waals surface area contributed by atoms with Gasteiger partial charge in [-0.2, -0.15) is 0 Å². The number of carbonyl (C=O) groups excluding carboxylic acids is 1. The van der Waals surface area contributed by atoms with Gasteiger partial charge in [-0.05, 0) is 51.0 Å². The number of anilines is 1. The summed E-state index contributed by atoms with van der Waals surface area (Å²) in [4.78, 5) is 13.1. The van der Waals surface area contributed by atoms with Crippen molar-refractivity contribution in [2.24, 2.45) is 11.7 Å². The number of piperidine rings is 1. The standard InChI is InChI=1S/C15H23N3O2/c1-18-7-5-12(6-8-18)10-17-13-3-2-4-14(9-13)20-11-15(16)19/h2-4,9,12,17H,5-8,10-11H2,1H3,(H2,16,19). The Kier molecular flexibility index (Phi) is 5.24. The van der Waals surface area contributed by atoms with Gasteiger partial charge in [0, 0.05) is 18.3 Å². The normalized spacial score (nSPS) is 16.9. The number of carbonyl (C=O) groups is 1. The molecule has 0 unspecified atom stereocenters. The lowest BCUT2D eigenvalue weighted by atomic mass is 9.97. The van der Waals surface area contributed by atoms with Crippen molar-refractivity contribution in [3.63, 3.8) is 0 Å². The Morgan fingerprint density at radius 2 is 2.20 bits per heavy atom. The van der Waals surface area contributed by atoms with Crippen LogP contribution in [0.15, 0.2) is 24.3 Å². The first-order valence-corrected chi connectivity index (χ1v) is 7.07. The van der Waals surface area contributed by atoms with E-state index in [-0.39, 0.29) is 6.61 Å². The summed E-state index contributed by atoms with van der Waals surface area (Å²) < 4.78 is 5.29. The first-order valence-electron chi connectivity index (χ1n) is 7.07. The lowest BCUT2D eigenvalue weighted by Crippen LogP contribution is -2.32. The number of ether oxygens (including phenoxy) is 1. The molecular weight excluding hydrogens is 254 g/mol. The van der Waals surface area contributed by atoms with Gasteiger partial charge >= 0.3 is 0 Å². The zero-order valence-electron chi connectivity index (χ0n) is 12.0. The van der Waals surface area contributed by atoms with E-state index >= 15 is 0 Å². The number of nitrogens with zero attached hydrogens (tertiary/aromatic N) is 1. The van der Waals surface area contributed by atoms with Gasteiger partial charge in [0.05, 0.1) is 0 Å². The molecule has 0 saturated carbocycles. The zero-order chi connectivity index (χ0) is 14.4. The van der Waals surface area contributed by atoms with Crippen molar-refractivity contribution in [1.82, 2.24) is 4.90 Å². The first kappa shape index (κ1) is 14.7. The minimum Gasteiger partial charge on any atom is -0.484 e. The molecular formula is C15H23N3O2. The molecule has 0 aliphatic carbocycles. The summed E-state index contributed by atoms with van der Waals surface area (Å²) in [6.07, 6.45) is 2.47. The molecule has 1 aromatic carbocycles. The fourth-order valence-electron chi connectivity index (χ4n) is 2.38. The molecule has 1 aliphatic heterocycles. The van der Waals surface area contributed by atoms with Crippen LogP contribution in [0.3, 0.4) is 0 Å². The van der Waals surface area contributed by atoms with Crippen molar-refractivity contribution in [3.05, 3.63) is 24.3 Å². The molecule has 1 aliphatic rings. The van der Waals surface area contributed by atoms with E-state index in [0.29, 0.717) is 5.75 Å². The highest BCUT2D eigenvalue weighted by Gasteiger charge is 2.16.